The second-order valence-corrected chi connectivity index (χ2v) is 11.3. The number of pyridine rings is 1. The van der Waals surface area contributed by atoms with Gasteiger partial charge in [0.1, 0.15) is 29.4 Å². The van der Waals surface area contributed by atoms with Crippen molar-refractivity contribution in [1.29, 1.82) is 0 Å². The molecule has 3 N–H and O–H groups in total. The number of phenols is 1. The lowest BCUT2D eigenvalue weighted by Gasteiger charge is -2.36. The number of nitrogens with one attached hydrogen (secondary N) is 2. The van der Waals surface area contributed by atoms with E-state index in [1.807, 2.05) is 31.3 Å². The first-order valence-corrected chi connectivity index (χ1v) is 13.9. The van der Waals surface area contributed by atoms with Gasteiger partial charge >= 0.3 is 6.01 Å². The Labute approximate surface area is 226 Å². The normalized spacial score (nSPS) is 22.2. The average Bonchev–Trinajstić information content (AvgIpc) is 3.50. The van der Waals surface area contributed by atoms with Gasteiger partial charge in [-0.3, -0.25) is 9.88 Å². The molecular formula is C30H33FN6O2. The number of hydrogen-bond acceptors (Lipinski definition) is 8. The Morgan fingerprint density at radius 3 is 2.67 bits per heavy atom. The standard InChI is InChI=1S/C30H33FN6O2/c1-32-19-13-20(14-19)34-28-24-16-33-26(23-15-21(38)12-18-6-2-3-7-22(18)23)25(31)27(24)35-29(36-28)39-17-30-8-4-10-37(30)11-5-9-30/h2-3,6-7,12,15-16,19-20,32,38H,4-5,8-11,13-14,17H2,1H3,(H,34,35,36). The Morgan fingerprint density at radius 2 is 1.87 bits per heavy atom. The van der Waals surface area contributed by atoms with Crippen LogP contribution in [0, 0.1) is 5.82 Å². The summed E-state index contributed by atoms with van der Waals surface area (Å²) in [5.74, 6) is 0.0438. The van der Waals surface area contributed by atoms with E-state index in [1.54, 1.807) is 18.3 Å². The molecule has 2 saturated heterocycles. The van der Waals surface area contributed by atoms with Gasteiger partial charge in [-0.25, -0.2) is 4.39 Å². The van der Waals surface area contributed by atoms with Crippen molar-refractivity contribution in [3.8, 4) is 23.0 Å². The van der Waals surface area contributed by atoms with Crippen molar-refractivity contribution >= 4 is 27.5 Å². The molecule has 2 aliphatic heterocycles. The molecule has 1 saturated carbocycles. The number of phenolic OH excluding ortho intramolecular Hbond substituents is 1. The molecular weight excluding hydrogens is 495 g/mol. The Bertz CT molecular complexity index is 1550. The van der Waals surface area contributed by atoms with Crippen molar-refractivity contribution in [2.24, 2.45) is 0 Å². The van der Waals surface area contributed by atoms with Crippen LogP contribution >= 0.6 is 0 Å². The van der Waals surface area contributed by atoms with Gasteiger partial charge in [-0.1, -0.05) is 24.3 Å². The minimum absolute atomic E-state index is 0.0301. The van der Waals surface area contributed by atoms with Crippen molar-refractivity contribution in [3.05, 3.63) is 48.4 Å². The molecule has 8 nitrogen and oxygen atoms in total. The summed E-state index contributed by atoms with van der Waals surface area (Å²) in [6, 6.07) is 11.7. The molecule has 7 rings (SSSR count). The van der Waals surface area contributed by atoms with Crippen molar-refractivity contribution in [1.82, 2.24) is 25.2 Å². The highest BCUT2D eigenvalue weighted by Gasteiger charge is 2.45. The fourth-order valence-electron chi connectivity index (χ4n) is 6.71. The summed E-state index contributed by atoms with van der Waals surface area (Å²) in [5.41, 5.74) is 0.849. The average molecular weight is 529 g/mol. The Kier molecular flexibility index (Phi) is 6.01. The fourth-order valence-corrected chi connectivity index (χ4v) is 6.71. The summed E-state index contributed by atoms with van der Waals surface area (Å²) in [6.07, 6.45) is 8.09. The monoisotopic (exact) mass is 528 g/mol. The first-order chi connectivity index (χ1) is 19.0. The van der Waals surface area contributed by atoms with Crippen molar-refractivity contribution in [3.63, 3.8) is 0 Å². The molecule has 0 amide bonds. The van der Waals surface area contributed by atoms with E-state index in [1.165, 1.54) is 12.8 Å². The molecule has 0 radical (unpaired) electrons. The topological polar surface area (TPSA) is 95.4 Å². The van der Waals surface area contributed by atoms with Gasteiger partial charge in [0.05, 0.1) is 10.9 Å². The molecule has 0 atom stereocenters. The lowest BCUT2D eigenvalue weighted by Crippen LogP contribution is -2.46. The first kappa shape index (κ1) is 24.5. The van der Waals surface area contributed by atoms with Gasteiger partial charge in [-0.15, -0.1) is 0 Å². The number of rotatable bonds is 7. The Balaban J connectivity index is 1.30. The van der Waals surface area contributed by atoms with Crippen molar-refractivity contribution < 1.29 is 14.2 Å². The van der Waals surface area contributed by atoms with E-state index in [0.717, 1.165) is 49.5 Å². The smallest absolute Gasteiger partial charge is 0.319 e. The lowest BCUT2D eigenvalue weighted by molar-refractivity contribution is 0.108. The van der Waals surface area contributed by atoms with Gasteiger partial charge in [-0.05, 0) is 81.6 Å². The molecule has 39 heavy (non-hydrogen) atoms. The SMILES string of the molecule is CNC1CC(Nc2nc(OCC34CCCN3CCC4)nc3c(F)c(-c4cc(O)cc5ccccc45)ncc23)C1. The molecule has 4 heterocycles. The third-order valence-corrected chi connectivity index (χ3v) is 8.93. The summed E-state index contributed by atoms with van der Waals surface area (Å²) < 4.78 is 22.6. The van der Waals surface area contributed by atoms with E-state index < -0.39 is 5.82 Å². The van der Waals surface area contributed by atoms with Crippen molar-refractivity contribution in [2.45, 2.75) is 56.1 Å². The summed E-state index contributed by atoms with van der Waals surface area (Å²) in [6.45, 7) is 2.70. The van der Waals surface area contributed by atoms with Gasteiger partial charge in [0, 0.05) is 23.8 Å². The number of anilines is 1. The van der Waals surface area contributed by atoms with Gasteiger partial charge in [0.25, 0.3) is 0 Å². The number of aromatic hydroxyl groups is 1. The summed E-state index contributed by atoms with van der Waals surface area (Å²) in [7, 11) is 1.97. The van der Waals surface area contributed by atoms with Crippen LogP contribution < -0.4 is 15.4 Å². The maximum absolute atomic E-state index is 16.3. The maximum atomic E-state index is 16.3. The first-order valence-electron chi connectivity index (χ1n) is 13.9. The quantitative estimate of drug-likeness (QED) is 0.313. The molecule has 1 aliphatic carbocycles. The van der Waals surface area contributed by atoms with Crippen LogP contribution in [-0.2, 0) is 0 Å². The second-order valence-electron chi connectivity index (χ2n) is 11.3. The molecule has 2 aromatic heterocycles. The zero-order valence-electron chi connectivity index (χ0n) is 22.1. The van der Waals surface area contributed by atoms with E-state index in [-0.39, 0.29) is 34.6 Å². The van der Waals surface area contributed by atoms with Crippen LogP contribution in [0.2, 0.25) is 0 Å². The molecule has 0 spiro atoms. The van der Waals surface area contributed by atoms with Crippen LogP contribution in [0.15, 0.2) is 42.6 Å². The third-order valence-electron chi connectivity index (χ3n) is 8.93. The zero-order chi connectivity index (χ0) is 26.6. The molecule has 3 aliphatic rings. The molecule has 3 fully saturated rings. The van der Waals surface area contributed by atoms with Gasteiger partial charge in [-0.2, -0.15) is 9.97 Å². The second kappa shape index (κ2) is 9.57. The minimum atomic E-state index is -0.554. The minimum Gasteiger partial charge on any atom is -0.508 e. The highest BCUT2D eigenvalue weighted by Crippen LogP contribution is 2.40. The molecule has 0 bridgehead atoms. The third kappa shape index (κ3) is 4.24. The zero-order valence-corrected chi connectivity index (χ0v) is 22.1. The lowest BCUT2D eigenvalue weighted by atomic mass is 9.87. The Morgan fingerprint density at radius 1 is 1.08 bits per heavy atom. The highest BCUT2D eigenvalue weighted by molar-refractivity contribution is 5.99. The van der Waals surface area contributed by atoms with Crippen LogP contribution in [0.1, 0.15) is 38.5 Å². The predicted octanol–water partition coefficient (Wildman–Crippen LogP) is 4.86. The van der Waals surface area contributed by atoms with E-state index in [2.05, 4.69) is 25.5 Å². The van der Waals surface area contributed by atoms with E-state index in [0.29, 0.717) is 29.4 Å². The molecule has 4 aromatic rings. The van der Waals surface area contributed by atoms with Crippen LogP contribution in [0.4, 0.5) is 10.2 Å². The largest absolute Gasteiger partial charge is 0.508 e. The fraction of sp³-hybridized carbons (Fsp3) is 0.433. The summed E-state index contributed by atoms with van der Waals surface area (Å²) in [5, 5.41) is 19.3. The van der Waals surface area contributed by atoms with Crippen LogP contribution in [0.25, 0.3) is 32.9 Å². The number of nitrogens with zero attached hydrogens (tertiary/aromatic N) is 4. The van der Waals surface area contributed by atoms with Gasteiger partial charge in [0.15, 0.2) is 5.82 Å². The van der Waals surface area contributed by atoms with Crippen LogP contribution in [0.5, 0.6) is 11.8 Å². The Hall–Kier alpha value is -3.56. The number of halogens is 1. The number of hydrogen-bond donors (Lipinski definition) is 3. The number of ether oxygens (including phenoxy) is 1. The highest BCUT2D eigenvalue weighted by atomic mass is 19.1. The molecule has 202 valence electrons. The maximum Gasteiger partial charge on any atom is 0.319 e. The van der Waals surface area contributed by atoms with Crippen molar-refractivity contribution in [2.75, 3.05) is 32.1 Å². The van der Waals surface area contributed by atoms with Gasteiger partial charge < -0.3 is 20.5 Å². The number of benzene rings is 2. The number of aromatic nitrogens is 3. The number of fused-ring (bicyclic) bond motifs is 3. The predicted molar refractivity (Wildman–Crippen MR) is 150 cm³/mol. The summed E-state index contributed by atoms with van der Waals surface area (Å²) in [4.78, 5) is 16.4. The van der Waals surface area contributed by atoms with E-state index in [4.69, 9.17) is 9.72 Å². The molecule has 9 heteroatoms. The summed E-state index contributed by atoms with van der Waals surface area (Å²) >= 11 is 0. The molecule has 2 aromatic carbocycles. The molecule has 0 unspecified atom stereocenters. The van der Waals surface area contributed by atoms with E-state index >= 15 is 4.39 Å². The van der Waals surface area contributed by atoms with E-state index in [9.17, 15) is 5.11 Å². The van der Waals surface area contributed by atoms with Crippen LogP contribution in [-0.4, -0.2) is 69.3 Å². The van der Waals surface area contributed by atoms with Gasteiger partial charge in [0.2, 0.25) is 0 Å². The van der Waals surface area contributed by atoms with Crippen LogP contribution in [0.3, 0.4) is 0 Å².